The summed E-state index contributed by atoms with van der Waals surface area (Å²) in [7, 11) is 0. The standard InChI is InChI=1S/C16H20N2O2/c1-4-20-15-7-5-6-13(8-15)16-14(11-19)10-18(17-16)9-12(2)3/h5-8,10-12H,4,9H2,1-3H3. The molecule has 0 atom stereocenters. The highest BCUT2D eigenvalue weighted by atomic mass is 16.5. The molecule has 0 bridgehead atoms. The molecule has 0 aliphatic rings. The Balaban J connectivity index is 2.37. The zero-order chi connectivity index (χ0) is 14.5. The first kappa shape index (κ1) is 14.3. The molecule has 20 heavy (non-hydrogen) atoms. The van der Waals surface area contributed by atoms with Gasteiger partial charge < -0.3 is 4.74 Å². The summed E-state index contributed by atoms with van der Waals surface area (Å²) in [6, 6.07) is 7.67. The van der Waals surface area contributed by atoms with Gasteiger partial charge in [0.1, 0.15) is 11.4 Å². The van der Waals surface area contributed by atoms with E-state index < -0.39 is 0 Å². The average Bonchev–Trinajstić information content (AvgIpc) is 2.81. The van der Waals surface area contributed by atoms with Crippen molar-refractivity contribution in [3.05, 3.63) is 36.0 Å². The van der Waals surface area contributed by atoms with Crippen LogP contribution >= 0.6 is 0 Å². The summed E-state index contributed by atoms with van der Waals surface area (Å²) in [5.74, 6) is 1.28. The van der Waals surface area contributed by atoms with Gasteiger partial charge in [0, 0.05) is 18.3 Å². The number of aldehydes is 1. The van der Waals surface area contributed by atoms with Crippen molar-refractivity contribution in [1.82, 2.24) is 9.78 Å². The maximum Gasteiger partial charge on any atom is 0.153 e. The van der Waals surface area contributed by atoms with Crippen molar-refractivity contribution < 1.29 is 9.53 Å². The molecule has 0 aliphatic heterocycles. The molecule has 0 fully saturated rings. The largest absolute Gasteiger partial charge is 0.494 e. The van der Waals surface area contributed by atoms with Gasteiger partial charge in [-0.25, -0.2) is 0 Å². The predicted molar refractivity (Wildman–Crippen MR) is 79.1 cm³/mol. The van der Waals surface area contributed by atoms with E-state index in [1.54, 1.807) is 6.20 Å². The summed E-state index contributed by atoms with van der Waals surface area (Å²) in [5, 5.41) is 4.52. The summed E-state index contributed by atoms with van der Waals surface area (Å²) in [6.07, 6.45) is 2.65. The van der Waals surface area contributed by atoms with E-state index in [4.69, 9.17) is 4.74 Å². The van der Waals surface area contributed by atoms with Crippen molar-refractivity contribution in [3.8, 4) is 17.0 Å². The van der Waals surface area contributed by atoms with Gasteiger partial charge >= 0.3 is 0 Å². The lowest BCUT2D eigenvalue weighted by Crippen LogP contribution is -2.04. The van der Waals surface area contributed by atoms with Crippen LogP contribution in [0.5, 0.6) is 5.75 Å². The molecule has 0 unspecified atom stereocenters. The fourth-order valence-electron chi connectivity index (χ4n) is 2.11. The minimum Gasteiger partial charge on any atom is -0.494 e. The molecule has 1 aromatic heterocycles. The van der Waals surface area contributed by atoms with Gasteiger partial charge in [-0.05, 0) is 25.0 Å². The smallest absolute Gasteiger partial charge is 0.153 e. The van der Waals surface area contributed by atoms with Gasteiger partial charge in [0.15, 0.2) is 6.29 Å². The van der Waals surface area contributed by atoms with Crippen LogP contribution in [0.4, 0.5) is 0 Å². The molecule has 0 N–H and O–H groups in total. The van der Waals surface area contributed by atoms with Gasteiger partial charge in [-0.15, -0.1) is 0 Å². The summed E-state index contributed by atoms with van der Waals surface area (Å²) in [5.41, 5.74) is 2.22. The Kier molecular flexibility index (Phi) is 4.56. The molecule has 0 radical (unpaired) electrons. The Labute approximate surface area is 119 Å². The molecule has 0 saturated heterocycles. The van der Waals surface area contributed by atoms with Crippen LogP contribution in [0.1, 0.15) is 31.1 Å². The molecule has 106 valence electrons. The first-order valence-corrected chi connectivity index (χ1v) is 6.90. The molecule has 1 aromatic carbocycles. The number of carbonyl (C=O) groups is 1. The van der Waals surface area contributed by atoms with E-state index >= 15 is 0 Å². The molecule has 0 saturated carbocycles. The minimum absolute atomic E-state index is 0.483. The minimum atomic E-state index is 0.483. The van der Waals surface area contributed by atoms with Crippen LogP contribution in [-0.2, 0) is 6.54 Å². The summed E-state index contributed by atoms with van der Waals surface area (Å²) < 4.78 is 7.32. The lowest BCUT2D eigenvalue weighted by Gasteiger charge is -2.05. The number of benzene rings is 1. The van der Waals surface area contributed by atoms with E-state index in [1.807, 2.05) is 35.9 Å². The second kappa shape index (κ2) is 6.37. The lowest BCUT2D eigenvalue weighted by molar-refractivity contribution is 0.112. The maximum atomic E-state index is 11.2. The fourth-order valence-corrected chi connectivity index (χ4v) is 2.11. The van der Waals surface area contributed by atoms with Crippen LogP contribution in [0.3, 0.4) is 0 Å². The first-order chi connectivity index (χ1) is 9.63. The molecule has 0 amide bonds. The third kappa shape index (κ3) is 3.26. The number of ether oxygens (including phenoxy) is 1. The van der Waals surface area contributed by atoms with Crippen LogP contribution in [0.2, 0.25) is 0 Å². The SMILES string of the molecule is CCOc1cccc(-c2nn(CC(C)C)cc2C=O)c1. The Morgan fingerprint density at radius 3 is 2.85 bits per heavy atom. The Bertz CT molecular complexity index is 588. The molecule has 4 heteroatoms. The highest BCUT2D eigenvalue weighted by Crippen LogP contribution is 2.25. The Hall–Kier alpha value is -2.10. The summed E-state index contributed by atoms with van der Waals surface area (Å²) in [4.78, 5) is 11.2. The number of carbonyl (C=O) groups excluding carboxylic acids is 1. The molecular weight excluding hydrogens is 252 g/mol. The first-order valence-electron chi connectivity index (χ1n) is 6.90. The van der Waals surface area contributed by atoms with Crippen molar-refractivity contribution in [2.75, 3.05) is 6.61 Å². The van der Waals surface area contributed by atoms with Crippen LogP contribution in [0.15, 0.2) is 30.5 Å². The Morgan fingerprint density at radius 1 is 1.40 bits per heavy atom. The van der Waals surface area contributed by atoms with Gasteiger partial charge in [-0.2, -0.15) is 5.10 Å². The predicted octanol–water partition coefficient (Wildman–Crippen LogP) is 3.42. The van der Waals surface area contributed by atoms with Crippen molar-refractivity contribution >= 4 is 6.29 Å². The number of aromatic nitrogens is 2. The van der Waals surface area contributed by atoms with Crippen LogP contribution < -0.4 is 4.74 Å². The van der Waals surface area contributed by atoms with Crippen LogP contribution in [-0.4, -0.2) is 22.7 Å². The van der Waals surface area contributed by atoms with E-state index in [9.17, 15) is 4.79 Å². The number of hydrogen-bond acceptors (Lipinski definition) is 3. The van der Waals surface area contributed by atoms with Gasteiger partial charge in [-0.3, -0.25) is 9.48 Å². The van der Waals surface area contributed by atoms with Gasteiger partial charge in [0.2, 0.25) is 0 Å². The molecule has 2 aromatic rings. The van der Waals surface area contributed by atoms with E-state index in [1.165, 1.54) is 0 Å². The van der Waals surface area contributed by atoms with Crippen molar-refractivity contribution in [2.24, 2.45) is 5.92 Å². The van der Waals surface area contributed by atoms with Crippen LogP contribution in [0.25, 0.3) is 11.3 Å². The summed E-state index contributed by atoms with van der Waals surface area (Å²) >= 11 is 0. The third-order valence-corrected chi connectivity index (χ3v) is 2.89. The maximum absolute atomic E-state index is 11.2. The zero-order valence-corrected chi connectivity index (χ0v) is 12.2. The van der Waals surface area contributed by atoms with Gasteiger partial charge in [0.25, 0.3) is 0 Å². The normalized spacial score (nSPS) is 10.8. The topological polar surface area (TPSA) is 44.1 Å². The van der Waals surface area contributed by atoms with Gasteiger partial charge in [-0.1, -0.05) is 26.0 Å². The second-order valence-electron chi connectivity index (χ2n) is 5.13. The molecule has 4 nitrogen and oxygen atoms in total. The summed E-state index contributed by atoms with van der Waals surface area (Å²) in [6.45, 7) is 7.61. The number of rotatable bonds is 6. The van der Waals surface area contributed by atoms with Gasteiger partial charge in [0.05, 0.1) is 12.2 Å². The quantitative estimate of drug-likeness (QED) is 0.757. The van der Waals surface area contributed by atoms with Crippen molar-refractivity contribution in [2.45, 2.75) is 27.3 Å². The Morgan fingerprint density at radius 2 is 2.20 bits per heavy atom. The molecule has 1 heterocycles. The van der Waals surface area contributed by atoms with E-state index in [2.05, 4.69) is 18.9 Å². The van der Waals surface area contributed by atoms with Crippen molar-refractivity contribution in [3.63, 3.8) is 0 Å². The highest BCUT2D eigenvalue weighted by molar-refractivity contribution is 5.85. The van der Waals surface area contributed by atoms with E-state index in [-0.39, 0.29) is 0 Å². The number of nitrogens with zero attached hydrogens (tertiary/aromatic N) is 2. The lowest BCUT2D eigenvalue weighted by atomic mass is 10.1. The zero-order valence-electron chi connectivity index (χ0n) is 12.2. The highest BCUT2D eigenvalue weighted by Gasteiger charge is 2.12. The molecular formula is C16H20N2O2. The number of hydrogen-bond donors (Lipinski definition) is 0. The van der Waals surface area contributed by atoms with Crippen molar-refractivity contribution in [1.29, 1.82) is 0 Å². The molecule has 0 spiro atoms. The fraction of sp³-hybridized carbons (Fsp3) is 0.375. The molecule has 0 aliphatic carbocycles. The average molecular weight is 272 g/mol. The molecule has 2 rings (SSSR count). The monoisotopic (exact) mass is 272 g/mol. The van der Waals surface area contributed by atoms with E-state index in [0.29, 0.717) is 23.8 Å². The van der Waals surface area contributed by atoms with Crippen LogP contribution in [0, 0.1) is 5.92 Å². The second-order valence-corrected chi connectivity index (χ2v) is 5.13. The van der Waals surface area contributed by atoms with E-state index in [0.717, 1.165) is 24.1 Å². The third-order valence-electron chi connectivity index (χ3n) is 2.89.